The molecule has 0 aromatic heterocycles. The van der Waals surface area contributed by atoms with Gasteiger partial charge in [-0.05, 0) is 45.3 Å². The Bertz CT molecular complexity index is 197. The summed E-state index contributed by atoms with van der Waals surface area (Å²) in [4.78, 5) is 2.60. The van der Waals surface area contributed by atoms with Crippen LogP contribution in [0.5, 0.6) is 0 Å². The highest BCUT2D eigenvalue weighted by molar-refractivity contribution is 4.77. The Labute approximate surface area is 107 Å². The van der Waals surface area contributed by atoms with Crippen molar-refractivity contribution in [3.05, 3.63) is 0 Å². The van der Waals surface area contributed by atoms with Crippen LogP contribution in [-0.4, -0.2) is 49.8 Å². The predicted octanol–water partition coefficient (Wildman–Crippen LogP) is 2.12. The summed E-state index contributed by atoms with van der Waals surface area (Å²) in [6, 6.07) is 0.635. The van der Waals surface area contributed by atoms with Crippen LogP contribution < -0.4 is 5.32 Å². The molecule has 0 amide bonds. The van der Waals surface area contributed by atoms with E-state index in [0.29, 0.717) is 12.1 Å². The molecular formula is C14H30N2O. The maximum Gasteiger partial charge on any atom is 0.0674 e. The van der Waals surface area contributed by atoms with Crippen LogP contribution in [-0.2, 0) is 4.74 Å². The topological polar surface area (TPSA) is 24.5 Å². The van der Waals surface area contributed by atoms with Crippen LogP contribution in [0.4, 0.5) is 0 Å². The summed E-state index contributed by atoms with van der Waals surface area (Å²) in [6.07, 6.45) is 2.85. The first-order chi connectivity index (χ1) is 8.13. The number of morpholine rings is 1. The number of ether oxygens (including phenoxy) is 1. The molecule has 2 atom stereocenters. The smallest absolute Gasteiger partial charge is 0.0674 e. The molecule has 102 valence electrons. The predicted molar refractivity (Wildman–Crippen MR) is 73.4 cm³/mol. The van der Waals surface area contributed by atoms with Gasteiger partial charge in [-0.3, -0.25) is 4.90 Å². The van der Waals surface area contributed by atoms with Crippen molar-refractivity contribution in [3.63, 3.8) is 0 Å². The Morgan fingerprint density at radius 3 is 2.82 bits per heavy atom. The van der Waals surface area contributed by atoms with Crippen molar-refractivity contribution in [2.45, 2.75) is 52.7 Å². The van der Waals surface area contributed by atoms with Crippen LogP contribution in [0.2, 0.25) is 0 Å². The van der Waals surface area contributed by atoms with Gasteiger partial charge in [-0.1, -0.05) is 20.8 Å². The Morgan fingerprint density at radius 1 is 1.41 bits per heavy atom. The maximum absolute atomic E-state index is 5.71. The lowest BCUT2D eigenvalue weighted by Gasteiger charge is -2.38. The van der Waals surface area contributed by atoms with Crippen molar-refractivity contribution < 1.29 is 4.74 Å². The Kier molecular flexibility index (Phi) is 7.09. The van der Waals surface area contributed by atoms with E-state index in [1.165, 1.54) is 19.4 Å². The largest absolute Gasteiger partial charge is 0.376 e. The molecule has 0 spiro atoms. The molecule has 1 rings (SSSR count). The molecule has 1 fully saturated rings. The standard InChI is InChI=1S/C14H30N2O/c1-5-14-11-17-13(4)10-16(14)8-6-7-15-9-12(2)3/h12-15H,5-11H2,1-4H3. The molecule has 0 aliphatic carbocycles. The van der Waals surface area contributed by atoms with E-state index in [1.807, 2.05) is 0 Å². The van der Waals surface area contributed by atoms with Gasteiger partial charge in [0.25, 0.3) is 0 Å². The second-order valence-corrected chi connectivity index (χ2v) is 5.65. The highest BCUT2D eigenvalue weighted by Gasteiger charge is 2.24. The molecule has 2 unspecified atom stereocenters. The monoisotopic (exact) mass is 242 g/mol. The third-order valence-corrected chi connectivity index (χ3v) is 3.40. The van der Waals surface area contributed by atoms with Gasteiger partial charge in [0.1, 0.15) is 0 Å². The summed E-state index contributed by atoms with van der Waals surface area (Å²) in [5.74, 6) is 0.752. The molecule has 1 saturated heterocycles. The zero-order chi connectivity index (χ0) is 12.7. The molecular weight excluding hydrogens is 212 g/mol. The van der Waals surface area contributed by atoms with E-state index in [1.54, 1.807) is 0 Å². The van der Waals surface area contributed by atoms with Crippen LogP contribution >= 0.6 is 0 Å². The highest BCUT2D eigenvalue weighted by Crippen LogP contribution is 2.14. The van der Waals surface area contributed by atoms with Gasteiger partial charge >= 0.3 is 0 Å². The number of nitrogens with zero attached hydrogens (tertiary/aromatic N) is 1. The van der Waals surface area contributed by atoms with Gasteiger partial charge in [0, 0.05) is 12.6 Å². The second kappa shape index (κ2) is 8.06. The number of hydrogen-bond donors (Lipinski definition) is 1. The lowest BCUT2D eigenvalue weighted by molar-refractivity contribution is -0.0558. The van der Waals surface area contributed by atoms with Gasteiger partial charge in [0.2, 0.25) is 0 Å². The summed E-state index contributed by atoms with van der Waals surface area (Å²) in [5, 5.41) is 3.51. The molecule has 1 aliphatic rings. The van der Waals surface area contributed by atoms with E-state index < -0.39 is 0 Å². The molecule has 0 saturated carbocycles. The van der Waals surface area contributed by atoms with Crippen molar-refractivity contribution >= 4 is 0 Å². The lowest BCUT2D eigenvalue weighted by Crippen LogP contribution is -2.49. The van der Waals surface area contributed by atoms with Crippen LogP contribution in [0.3, 0.4) is 0 Å². The van der Waals surface area contributed by atoms with Crippen LogP contribution in [0.1, 0.15) is 40.5 Å². The third kappa shape index (κ3) is 5.84. The van der Waals surface area contributed by atoms with E-state index in [0.717, 1.165) is 32.2 Å². The molecule has 0 aromatic rings. The molecule has 17 heavy (non-hydrogen) atoms. The molecule has 3 nitrogen and oxygen atoms in total. The van der Waals surface area contributed by atoms with Crippen molar-refractivity contribution in [3.8, 4) is 0 Å². The van der Waals surface area contributed by atoms with Crippen LogP contribution in [0, 0.1) is 5.92 Å². The van der Waals surface area contributed by atoms with E-state index in [4.69, 9.17) is 4.74 Å². The second-order valence-electron chi connectivity index (χ2n) is 5.65. The minimum Gasteiger partial charge on any atom is -0.376 e. The Balaban J connectivity index is 2.14. The SMILES string of the molecule is CCC1COC(C)CN1CCCNCC(C)C. The molecule has 1 aliphatic heterocycles. The van der Waals surface area contributed by atoms with Crippen molar-refractivity contribution in [1.29, 1.82) is 0 Å². The van der Waals surface area contributed by atoms with Crippen LogP contribution in [0.25, 0.3) is 0 Å². The van der Waals surface area contributed by atoms with Gasteiger partial charge in [-0.25, -0.2) is 0 Å². The molecule has 1 N–H and O–H groups in total. The summed E-state index contributed by atoms with van der Waals surface area (Å²) in [7, 11) is 0. The van der Waals surface area contributed by atoms with E-state index in [-0.39, 0.29) is 0 Å². The van der Waals surface area contributed by atoms with E-state index in [2.05, 4.69) is 37.9 Å². The van der Waals surface area contributed by atoms with Gasteiger partial charge in [0.15, 0.2) is 0 Å². The minimum atomic E-state index is 0.404. The molecule has 0 aromatic carbocycles. The zero-order valence-corrected chi connectivity index (χ0v) is 12.0. The summed E-state index contributed by atoms with van der Waals surface area (Å²) in [6.45, 7) is 14.4. The Hall–Kier alpha value is -0.120. The fourth-order valence-electron chi connectivity index (χ4n) is 2.36. The van der Waals surface area contributed by atoms with Gasteiger partial charge in [-0.2, -0.15) is 0 Å². The third-order valence-electron chi connectivity index (χ3n) is 3.40. The first-order valence-corrected chi connectivity index (χ1v) is 7.19. The zero-order valence-electron chi connectivity index (χ0n) is 12.0. The average molecular weight is 242 g/mol. The normalized spacial score (nSPS) is 26.6. The van der Waals surface area contributed by atoms with Gasteiger partial charge in [-0.15, -0.1) is 0 Å². The molecule has 1 heterocycles. The number of hydrogen-bond acceptors (Lipinski definition) is 3. The van der Waals surface area contributed by atoms with Crippen molar-refractivity contribution in [1.82, 2.24) is 10.2 Å². The summed E-state index contributed by atoms with van der Waals surface area (Å²) < 4.78 is 5.71. The first-order valence-electron chi connectivity index (χ1n) is 7.19. The summed E-state index contributed by atoms with van der Waals surface area (Å²) >= 11 is 0. The highest BCUT2D eigenvalue weighted by atomic mass is 16.5. The average Bonchev–Trinajstić information content (AvgIpc) is 2.28. The molecule has 0 bridgehead atoms. The minimum absolute atomic E-state index is 0.404. The fraction of sp³-hybridized carbons (Fsp3) is 1.00. The van der Waals surface area contributed by atoms with Crippen LogP contribution in [0.15, 0.2) is 0 Å². The van der Waals surface area contributed by atoms with E-state index >= 15 is 0 Å². The van der Waals surface area contributed by atoms with Crippen molar-refractivity contribution in [2.75, 3.05) is 32.8 Å². The van der Waals surface area contributed by atoms with Gasteiger partial charge in [0.05, 0.1) is 12.7 Å². The molecule has 3 heteroatoms. The fourth-order valence-corrected chi connectivity index (χ4v) is 2.36. The van der Waals surface area contributed by atoms with Crippen molar-refractivity contribution in [2.24, 2.45) is 5.92 Å². The summed E-state index contributed by atoms with van der Waals surface area (Å²) in [5.41, 5.74) is 0. The number of rotatable bonds is 7. The van der Waals surface area contributed by atoms with Gasteiger partial charge < -0.3 is 10.1 Å². The molecule has 0 radical (unpaired) electrons. The van der Waals surface area contributed by atoms with E-state index in [9.17, 15) is 0 Å². The lowest BCUT2D eigenvalue weighted by atomic mass is 10.1. The first kappa shape index (κ1) is 14.9. The number of nitrogens with one attached hydrogen (secondary N) is 1. The Morgan fingerprint density at radius 2 is 2.18 bits per heavy atom. The maximum atomic E-state index is 5.71. The quantitative estimate of drug-likeness (QED) is 0.692.